The van der Waals surface area contributed by atoms with E-state index in [0.29, 0.717) is 36.6 Å². The van der Waals surface area contributed by atoms with Gasteiger partial charge in [-0.1, -0.05) is 0 Å². The summed E-state index contributed by atoms with van der Waals surface area (Å²) in [6.45, 7) is 13.5. The van der Waals surface area contributed by atoms with E-state index in [4.69, 9.17) is 10.1 Å². The molecule has 0 aliphatic carbocycles. The van der Waals surface area contributed by atoms with Gasteiger partial charge in [-0.3, -0.25) is 19.0 Å². The van der Waals surface area contributed by atoms with E-state index >= 15 is 0 Å². The van der Waals surface area contributed by atoms with Crippen LogP contribution in [0, 0.1) is 11.6 Å². The number of nitrogens with zero attached hydrogens (tertiary/aromatic N) is 7. The van der Waals surface area contributed by atoms with Gasteiger partial charge in [-0.25, -0.2) is 18.7 Å². The lowest BCUT2D eigenvalue weighted by Crippen LogP contribution is -2.40. The number of rotatable bonds is 8. The molecule has 6 aromatic rings. The van der Waals surface area contributed by atoms with Gasteiger partial charge in [0.15, 0.2) is 0 Å². The first-order valence-corrected chi connectivity index (χ1v) is 20.0. The number of aliphatic carboxylic acids is 1. The number of carbonyl (C=O) groups is 2. The van der Waals surface area contributed by atoms with Gasteiger partial charge in [0.1, 0.15) is 21.6 Å². The van der Waals surface area contributed by atoms with Gasteiger partial charge in [-0.2, -0.15) is 10.2 Å². The van der Waals surface area contributed by atoms with Crippen molar-refractivity contribution in [2.45, 2.75) is 84.4 Å². The molecule has 1 saturated heterocycles. The van der Waals surface area contributed by atoms with Crippen molar-refractivity contribution in [3.05, 3.63) is 94.7 Å². The molecule has 0 spiro atoms. The average Bonchev–Trinajstić information content (AvgIpc) is 3.95. The monoisotopic (exact) mass is 801 g/mol. The summed E-state index contributed by atoms with van der Waals surface area (Å²) in [6, 6.07) is 12.6. The minimum Gasteiger partial charge on any atom is -0.481 e. The van der Waals surface area contributed by atoms with Crippen molar-refractivity contribution in [1.29, 1.82) is 0 Å². The van der Waals surface area contributed by atoms with Gasteiger partial charge >= 0.3 is 5.97 Å². The molecule has 1 fully saturated rings. The highest BCUT2D eigenvalue weighted by molar-refractivity contribution is 7.13. The Bertz CT molecular complexity index is 2290. The Morgan fingerprint density at radius 2 is 1.12 bits per heavy atom. The summed E-state index contributed by atoms with van der Waals surface area (Å²) in [5.41, 5.74) is 5.79. The topological polar surface area (TPSA) is 139 Å². The van der Waals surface area contributed by atoms with Gasteiger partial charge in [0.05, 0.1) is 76.3 Å². The van der Waals surface area contributed by atoms with E-state index < -0.39 is 5.97 Å². The van der Waals surface area contributed by atoms with Crippen LogP contribution in [0.15, 0.2) is 71.7 Å². The molecule has 15 heteroatoms. The van der Waals surface area contributed by atoms with E-state index in [9.17, 15) is 23.5 Å². The molecule has 294 valence electrons. The number of halogens is 2. The van der Waals surface area contributed by atoms with Gasteiger partial charge < -0.3 is 15.1 Å². The number of amides is 1. The van der Waals surface area contributed by atoms with Crippen LogP contribution in [0.25, 0.3) is 43.7 Å². The zero-order valence-corrected chi connectivity index (χ0v) is 33.8. The second-order valence-corrected chi connectivity index (χ2v) is 17.4. The van der Waals surface area contributed by atoms with Crippen molar-refractivity contribution in [1.82, 2.24) is 34.4 Å². The molecule has 11 nitrogen and oxygen atoms in total. The van der Waals surface area contributed by atoms with Crippen LogP contribution in [0.3, 0.4) is 0 Å². The number of benzene rings is 2. The van der Waals surface area contributed by atoms with Crippen molar-refractivity contribution in [2.75, 3.05) is 13.1 Å². The molecule has 7 rings (SSSR count). The number of hydrogen-bond acceptors (Lipinski definition) is 9. The first-order valence-electron chi connectivity index (χ1n) is 18.2. The number of aliphatic hydroxyl groups is 1. The van der Waals surface area contributed by atoms with Crippen LogP contribution < -0.4 is 0 Å². The number of aliphatic hydroxyl groups excluding tert-OH is 1. The van der Waals surface area contributed by atoms with Crippen LogP contribution in [0.5, 0.6) is 0 Å². The van der Waals surface area contributed by atoms with Crippen molar-refractivity contribution < 1.29 is 28.6 Å². The van der Waals surface area contributed by atoms with Gasteiger partial charge in [-0.05, 0) is 103 Å². The highest BCUT2D eigenvalue weighted by Gasteiger charge is 2.27. The molecule has 4 aromatic heterocycles. The summed E-state index contributed by atoms with van der Waals surface area (Å²) in [4.78, 5) is 34.5. The van der Waals surface area contributed by atoms with Crippen LogP contribution in [0.2, 0.25) is 0 Å². The molecule has 2 N–H and O–H groups in total. The lowest BCUT2D eigenvalue weighted by molar-refractivity contribution is -0.136. The number of carbonyl (C=O) groups excluding carboxylic acids is 1. The SMILES string of the molecule is CC(C)(C)n1ncc(-c2nc(CC(=O)N3CCC(O)CC3)cs2)c1-c1ccc(F)cc1.CC(C)(C)n1ncc(-c2nc(CC(=O)O)cs2)c1-c1ccc(F)cc1. The number of likely N-dealkylation sites (tertiary alicyclic amines) is 1. The van der Waals surface area contributed by atoms with Gasteiger partial charge in [-0.15, -0.1) is 22.7 Å². The summed E-state index contributed by atoms with van der Waals surface area (Å²) in [5, 5.41) is 32.8. The molecule has 56 heavy (non-hydrogen) atoms. The second-order valence-electron chi connectivity index (χ2n) is 15.6. The molecule has 0 saturated carbocycles. The quantitative estimate of drug-likeness (QED) is 0.157. The lowest BCUT2D eigenvalue weighted by atomic mass is 10.0. The Labute approximate surface area is 332 Å². The molecule has 1 aliphatic heterocycles. The first-order chi connectivity index (χ1) is 26.5. The summed E-state index contributed by atoms with van der Waals surface area (Å²) >= 11 is 2.86. The van der Waals surface area contributed by atoms with Crippen LogP contribution >= 0.6 is 22.7 Å². The lowest BCUT2D eigenvalue weighted by Gasteiger charge is -2.29. The minimum absolute atomic E-state index is 0.0351. The van der Waals surface area contributed by atoms with Crippen molar-refractivity contribution in [2.24, 2.45) is 0 Å². The number of piperidine rings is 1. The summed E-state index contributed by atoms with van der Waals surface area (Å²) in [6.07, 6.45) is 4.59. The molecule has 0 radical (unpaired) electrons. The first kappa shape index (κ1) is 40.5. The number of carboxylic acids is 1. The maximum Gasteiger partial charge on any atom is 0.309 e. The predicted octanol–water partition coefficient (Wildman–Crippen LogP) is 8.29. The molecule has 0 bridgehead atoms. The Morgan fingerprint density at radius 1 is 0.714 bits per heavy atom. The van der Waals surface area contributed by atoms with Crippen LogP contribution in [-0.4, -0.2) is 75.7 Å². The highest BCUT2D eigenvalue weighted by Crippen LogP contribution is 2.38. The van der Waals surface area contributed by atoms with E-state index in [1.165, 1.54) is 46.9 Å². The Balaban J connectivity index is 0.000000194. The normalized spacial score (nSPS) is 13.8. The molecule has 2 aromatic carbocycles. The predicted molar refractivity (Wildman–Crippen MR) is 214 cm³/mol. The minimum atomic E-state index is -0.916. The Hall–Kier alpha value is -5.12. The number of carboxylic acid groups (broad SMARTS) is 1. The number of hydrogen-bond donors (Lipinski definition) is 2. The molecular formula is C41H45F2N7O4S2. The third-order valence-electron chi connectivity index (χ3n) is 9.09. The average molecular weight is 802 g/mol. The van der Waals surface area contributed by atoms with Crippen LogP contribution in [0.4, 0.5) is 8.78 Å². The third-order valence-corrected chi connectivity index (χ3v) is 10.9. The van der Waals surface area contributed by atoms with Gasteiger partial charge in [0.2, 0.25) is 5.91 Å². The highest BCUT2D eigenvalue weighted by atomic mass is 32.1. The maximum absolute atomic E-state index is 13.5. The molecule has 1 aliphatic rings. The van der Waals surface area contributed by atoms with Crippen molar-refractivity contribution in [3.63, 3.8) is 0 Å². The summed E-state index contributed by atoms with van der Waals surface area (Å²) < 4.78 is 30.6. The standard InChI is InChI=1S/C23H27FN4O2S.C18H18FN3O2S/c1-23(2,3)28-21(15-4-6-16(24)7-5-15)19(13-25-28)22-26-17(14-31-22)12-20(30)27-10-8-18(29)9-11-27;1-18(2,3)22-16(11-4-6-12(19)7-5-11)14(9-20-22)17-21-13(10-25-17)8-15(23)24/h4-7,13-14,18,29H,8-12H2,1-3H3;4-7,9-10H,8H2,1-3H3,(H,23,24). The number of thiazole rings is 2. The van der Waals surface area contributed by atoms with E-state index in [2.05, 4.69) is 36.0 Å². The smallest absolute Gasteiger partial charge is 0.309 e. The zero-order chi connectivity index (χ0) is 40.4. The Kier molecular flexibility index (Phi) is 12.0. The third kappa shape index (κ3) is 9.45. The van der Waals surface area contributed by atoms with E-state index in [0.717, 1.165) is 44.3 Å². The van der Waals surface area contributed by atoms with E-state index in [1.54, 1.807) is 46.9 Å². The van der Waals surface area contributed by atoms with Gasteiger partial charge in [0.25, 0.3) is 0 Å². The van der Waals surface area contributed by atoms with Crippen LogP contribution in [-0.2, 0) is 33.5 Å². The fourth-order valence-corrected chi connectivity index (χ4v) is 8.02. The molecular weight excluding hydrogens is 757 g/mol. The molecule has 5 heterocycles. The molecule has 0 unspecified atom stereocenters. The number of aromatic nitrogens is 6. The fraction of sp³-hybridized carbons (Fsp3) is 0.366. The van der Waals surface area contributed by atoms with Gasteiger partial charge in [0, 0.05) is 35.0 Å². The largest absolute Gasteiger partial charge is 0.481 e. The van der Waals surface area contributed by atoms with Crippen molar-refractivity contribution in [3.8, 4) is 43.7 Å². The van der Waals surface area contributed by atoms with Crippen molar-refractivity contribution >= 4 is 34.6 Å². The molecule has 1 amide bonds. The molecule has 0 atom stereocenters. The van der Waals surface area contributed by atoms with E-state index in [1.807, 2.05) is 35.5 Å². The zero-order valence-electron chi connectivity index (χ0n) is 32.2. The second kappa shape index (κ2) is 16.5. The summed E-state index contributed by atoms with van der Waals surface area (Å²) in [5.74, 6) is -1.47. The maximum atomic E-state index is 13.5. The summed E-state index contributed by atoms with van der Waals surface area (Å²) in [7, 11) is 0. The van der Waals surface area contributed by atoms with E-state index in [-0.39, 0.29) is 47.6 Å². The fourth-order valence-electron chi connectivity index (χ4n) is 6.36. The Morgan fingerprint density at radius 3 is 1.52 bits per heavy atom. The van der Waals surface area contributed by atoms with Crippen LogP contribution in [0.1, 0.15) is 65.8 Å².